The van der Waals surface area contributed by atoms with Gasteiger partial charge in [-0.2, -0.15) is 0 Å². The summed E-state index contributed by atoms with van der Waals surface area (Å²) in [5, 5.41) is 7.57. The van der Waals surface area contributed by atoms with E-state index < -0.39 is 0 Å². The Bertz CT molecular complexity index is 4.85. The van der Waals surface area contributed by atoms with E-state index in [4.69, 9.17) is 5.11 Å². The van der Waals surface area contributed by atoms with E-state index in [-0.39, 0.29) is 19.5 Å². The van der Waals surface area contributed by atoms with Crippen LogP contribution in [-0.2, 0) is 0 Å². The van der Waals surface area contributed by atoms with E-state index in [2.05, 4.69) is 0 Å². The first-order valence-corrected chi connectivity index (χ1v) is 1.02. The van der Waals surface area contributed by atoms with Gasteiger partial charge in [0.2, 0.25) is 0 Å². The molecule has 0 unspecified atom stereocenters. The highest BCUT2D eigenvalue weighted by molar-refractivity contribution is 3.84. The molecule has 0 aromatic carbocycles. The lowest BCUT2D eigenvalue weighted by Gasteiger charge is -1.52. The molecule has 0 atom stereocenters. The number of hydrogen-bond donors (Lipinski definition) is 1. The van der Waals surface area contributed by atoms with E-state index in [9.17, 15) is 0 Å². The topological polar surface area (TPSA) is 51.7 Å². The van der Waals surface area contributed by atoms with Crippen LogP contribution in [0.5, 0.6) is 0 Å². The molecule has 0 aromatic rings. The van der Waals surface area contributed by atoms with Crippen molar-refractivity contribution in [2.45, 2.75) is 14.4 Å². The van der Waals surface area contributed by atoms with Crippen LogP contribution in [0.4, 0.5) is 0 Å². The Morgan fingerprint density at radius 2 is 1.60 bits per heavy atom. The summed E-state index contributed by atoms with van der Waals surface area (Å²) in [7, 11) is 0. The van der Waals surface area contributed by atoms with Gasteiger partial charge in [0.1, 0.15) is 0 Å². The summed E-state index contributed by atoms with van der Waals surface area (Å²) in [6.07, 6.45) is 0. The summed E-state index contributed by atoms with van der Waals surface area (Å²) in [5.41, 5.74) is 0. The zero-order chi connectivity index (χ0) is 2.71. The summed E-state index contributed by atoms with van der Waals surface area (Å²) in [5.74, 6) is 0. The average Bonchev–Trinajstić information content (AvgIpc) is 0.918. The van der Waals surface area contributed by atoms with E-state index in [0.29, 0.717) is 0 Å². The molecule has 0 bridgehead atoms. The Balaban J connectivity index is -0.0000000200. The van der Waals surface area contributed by atoms with Crippen molar-refractivity contribution in [2.24, 2.45) is 0 Å². The number of rotatable bonds is 0. The Labute approximate surface area is 32.7 Å². The smallest absolute Gasteiger partial charge is 0.0402 e. The van der Waals surface area contributed by atoms with Gasteiger partial charge in [-0.15, -0.1) is 0 Å². The summed E-state index contributed by atoms with van der Waals surface area (Å²) >= 11 is 0. The third kappa shape index (κ3) is 2260. The fraction of sp³-hybridized carbons (Fsp3) is 1.00. The van der Waals surface area contributed by atoms with Crippen molar-refractivity contribution in [2.75, 3.05) is 6.61 Å². The normalized spacial score (nSPS) is 3.60. The first-order valence-electron chi connectivity index (χ1n) is 1.02. The molecular formula is C3H12O2. The molecule has 5 heavy (non-hydrogen) atoms. The van der Waals surface area contributed by atoms with Gasteiger partial charge in [0.15, 0.2) is 0 Å². The van der Waals surface area contributed by atoms with Gasteiger partial charge in [-0.05, 0) is 6.92 Å². The minimum absolute atomic E-state index is 0. The van der Waals surface area contributed by atoms with Gasteiger partial charge in [-0.25, -0.2) is 0 Å². The monoisotopic (exact) mass is 80.1 g/mol. The second-order valence-electron chi connectivity index (χ2n) is 0.316. The maximum atomic E-state index is 7.57. The van der Waals surface area contributed by atoms with Gasteiger partial charge in [-0.1, -0.05) is 7.43 Å². The van der Waals surface area contributed by atoms with Crippen LogP contribution in [0.15, 0.2) is 0 Å². The van der Waals surface area contributed by atoms with Crippen molar-refractivity contribution in [3.05, 3.63) is 0 Å². The van der Waals surface area contributed by atoms with Crippen LogP contribution in [0.2, 0.25) is 0 Å². The van der Waals surface area contributed by atoms with E-state index >= 15 is 0 Å². The van der Waals surface area contributed by atoms with Crippen LogP contribution in [0.25, 0.3) is 0 Å². The second-order valence-corrected chi connectivity index (χ2v) is 0.316. The Morgan fingerprint density at radius 1 is 1.60 bits per heavy atom. The highest BCUT2D eigenvalue weighted by Gasteiger charge is 1.34. The Morgan fingerprint density at radius 3 is 1.60 bits per heavy atom. The summed E-state index contributed by atoms with van der Waals surface area (Å²) < 4.78 is 0. The fourth-order valence-corrected chi connectivity index (χ4v) is 0. The van der Waals surface area contributed by atoms with E-state index in [1.807, 2.05) is 0 Å². The molecule has 2 heteroatoms. The first kappa shape index (κ1) is 20.5. The fourth-order valence-electron chi connectivity index (χ4n) is 0. The molecule has 0 saturated heterocycles. The van der Waals surface area contributed by atoms with Gasteiger partial charge in [0, 0.05) is 6.61 Å². The molecular weight excluding hydrogens is 68.0 g/mol. The molecule has 2 nitrogen and oxygen atoms in total. The van der Waals surface area contributed by atoms with Crippen LogP contribution in [0, 0.1) is 0 Å². The van der Waals surface area contributed by atoms with Gasteiger partial charge in [0.05, 0.1) is 0 Å². The number of aliphatic hydroxyl groups is 1. The van der Waals surface area contributed by atoms with Crippen molar-refractivity contribution < 1.29 is 10.6 Å². The molecule has 3 N–H and O–H groups in total. The summed E-state index contributed by atoms with van der Waals surface area (Å²) in [4.78, 5) is 0. The minimum atomic E-state index is 0. The largest absolute Gasteiger partial charge is 0.412 e. The molecule has 0 rings (SSSR count). The second kappa shape index (κ2) is 39.5. The van der Waals surface area contributed by atoms with Crippen LogP contribution < -0.4 is 0 Å². The lowest BCUT2D eigenvalue weighted by molar-refractivity contribution is 0.318. The molecule has 0 aliphatic carbocycles. The predicted octanol–water partition coefficient (Wildman–Crippen LogP) is -0.190. The third-order valence-corrected chi connectivity index (χ3v) is 0. The molecule has 0 aliphatic heterocycles. The predicted molar refractivity (Wildman–Crippen MR) is 23.1 cm³/mol. The molecule has 0 heterocycles. The third-order valence-electron chi connectivity index (χ3n) is 0. The van der Waals surface area contributed by atoms with Crippen molar-refractivity contribution in [3.8, 4) is 0 Å². The maximum Gasteiger partial charge on any atom is 0.0402 e. The maximum absolute atomic E-state index is 7.57. The van der Waals surface area contributed by atoms with Crippen LogP contribution in [0.3, 0.4) is 0 Å². The minimum Gasteiger partial charge on any atom is -0.412 e. The van der Waals surface area contributed by atoms with Gasteiger partial charge in [0.25, 0.3) is 0 Å². The van der Waals surface area contributed by atoms with Crippen LogP contribution >= 0.6 is 0 Å². The Hall–Kier alpha value is -0.0800. The van der Waals surface area contributed by atoms with Crippen molar-refractivity contribution in [1.29, 1.82) is 0 Å². The molecule has 36 valence electrons. The number of hydrogen-bond acceptors (Lipinski definition) is 1. The summed E-state index contributed by atoms with van der Waals surface area (Å²) in [6, 6.07) is 0. The zero-order valence-electron chi connectivity index (χ0n) is 2.65. The van der Waals surface area contributed by atoms with E-state index in [1.54, 1.807) is 6.92 Å². The number of aliphatic hydroxyl groups excluding tert-OH is 1. The molecule has 0 spiro atoms. The first-order chi connectivity index (χ1) is 1.41. The highest BCUT2D eigenvalue weighted by atomic mass is 16.2. The van der Waals surface area contributed by atoms with Crippen LogP contribution in [0.1, 0.15) is 14.4 Å². The molecule has 0 saturated carbocycles. The van der Waals surface area contributed by atoms with Crippen molar-refractivity contribution in [3.63, 3.8) is 0 Å². The Kier molecular flexibility index (Phi) is 162. The molecule has 0 aromatic heterocycles. The molecule has 0 radical (unpaired) electrons. The highest BCUT2D eigenvalue weighted by Crippen LogP contribution is 1.30. The van der Waals surface area contributed by atoms with Gasteiger partial charge >= 0.3 is 0 Å². The molecule has 0 amide bonds. The van der Waals surface area contributed by atoms with E-state index in [0.717, 1.165) is 0 Å². The van der Waals surface area contributed by atoms with E-state index in [1.165, 1.54) is 0 Å². The quantitative estimate of drug-likeness (QED) is 0.430. The molecule has 0 fully saturated rings. The summed E-state index contributed by atoms with van der Waals surface area (Å²) in [6.45, 7) is 1.93. The SMILES string of the molecule is C.CCO.O. The standard InChI is InChI=1S/C2H6O.CH4.H2O/c1-2-3;;/h3H,2H2,1H3;1H4;1H2. The lowest BCUT2D eigenvalue weighted by Crippen LogP contribution is -1.57. The van der Waals surface area contributed by atoms with Crippen molar-refractivity contribution >= 4 is 0 Å². The molecule has 0 aliphatic rings. The zero-order valence-corrected chi connectivity index (χ0v) is 2.65. The van der Waals surface area contributed by atoms with Gasteiger partial charge < -0.3 is 10.6 Å². The van der Waals surface area contributed by atoms with Crippen molar-refractivity contribution in [1.82, 2.24) is 0 Å². The van der Waals surface area contributed by atoms with Crippen LogP contribution in [-0.4, -0.2) is 17.2 Å². The average molecular weight is 80.1 g/mol. The lowest BCUT2D eigenvalue weighted by atomic mass is 10.9. The van der Waals surface area contributed by atoms with Gasteiger partial charge in [-0.3, -0.25) is 0 Å².